The van der Waals surface area contributed by atoms with Crippen LogP contribution in [0.5, 0.6) is 0 Å². The van der Waals surface area contributed by atoms with Crippen molar-refractivity contribution in [3.05, 3.63) is 0 Å². The summed E-state index contributed by atoms with van der Waals surface area (Å²) in [5.41, 5.74) is 0.342. The molecular weight excluding hydrogens is 260 g/mol. The molecule has 19 heavy (non-hydrogen) atoms. The van der Waals surface area contributed by atoms with Crippen LogP contribution in [0.2, 0.25) is 0 Å². The summed E-state index contributed by atoms with van der Waals surface area (Å²) in [6.07, 6.45) is 1.15. The van der Waals surface area contributed by atoms with E-state index in [9.17, 15) is 8.42 Å². The van der Waals surface area contributed by atoms with Gasteiger partial charge in [0.25, 0.3) is 0 Å². The maximum Gasteiger partial charge on any atom is 0.219 e. The lowest BCUT2D eigenvalue weighted by atomic mass is 9.92. The summed E-state index contributed by atoms with van der Waals surface area (Å²) >= 11 is 0. The molecule has 1 saturated heterocycles. The van der Waals surface area contributed by atoms with Gasteiger partial charge in [0.1, 0.15) is 0 Å². The molecule has 1 rings (SSSR count). The van der Waals surface area contributed by atoms with Gasteiger partial charge in [-0.15, -0.1) is 0 Å². The molecule has 114 valence electrons. The van der Waals surface area contributed by atoms with Crippen LogP contribution in [0.1, 0.15) is 48.0 Å². The SMILES string of the molecule is CC(C)(C)CCN1CCN(S(=O)(=O)C(C)(C)C)CC1. The van der Waals surface area contributed by atoms with Gasteiger partial charge < -0.3 is 4.90 Å². The average Bonchev–Trinajstić information content (AvgIpc) is 2.24. The van der Waals surface area contributed by atoms with Gasteiger partial charge in [0, 0.05) is 26.2 Å². The van der Waals surface area contributed by atoms with Crippen molar-refractivity contribution in [3.63, 3.8) is 0 Å². The topological polar surface area (TPSA) is 40.6 Å². The molecule has 1 fully saturated rings. The molecule has 1 heterocycles. The number of piperazine rings is 1. The van der Waals surface area contributed by atoms with Crippen molar-refractivity contribution >= 4 is 10.0 Å². The van der Waals surface area contributed by atoms with E-state index in [1.807, 2.05) is 0 Å². The van der Waals surface area contributed by atoms with Gasteiger partial charge in [-0.3, -0.25) is 0 Å². The van der Waals surface area contributed by atoms with Crippen molar-refractivity contribution in [2.75, 3.05) is 32.7 Å². The molecule has 0 unspecified atom stereocenters. The molecule has 0 spiro atoms. The first-order chi connectivity index (χ1) is 8.43. The summed E-state index contributed by atoms with van der Waals surface area (Å²) < 4.78 is 25.6. The highest BCUT2D eigenvalue weighted by Gasteiger charge is 2.36. The number of sulfonamides is 1. The molecular formula is C14H30N2O2S. The molecule has 1 aliphatic heterocycles. The summed E-state index contributed by atoms with van der Waals surface area (Å²) in [5, 5.41) is 0. The highest BCUT2D eigenvalue weighted by Crippen LogP contribution is 2.23. The van der Waals surface area contributed by atoms with E-state index in [1.54, 1.807) is 25.1 Å². The van der Waals surface area contributed by atoms with Crippen molar-refractivity contribution in [2.24, 2.45) is 5.41 Å². The van der Waals surface area contributed by atoms with Crippen LogP contribution in [0.3, 0.4) is 0 Å². The summed E-state index contributed by atoms with van der Waals surface area (Å²) in [6.45, 7) is 16.1. The van der Waals surface area contributed by atoms with Crippen LogP contribution in [-0.2, 0) is 10.0 Å². The predicted molar refractivity (Wildman–Crippen MR) is 80.8 cm³/mol. The lowest BCUT2D eigenvalue weighted by molar-refractivity contribution is 0.166. The standard InChI is InChI=1S/C14H30N2O2S/c1-13(2,3)7-8-15-9-11-16(12-10-15)19(17,18)14(4,5)6/h7-12H2,1-6H3. The molecule has 0 aliphatic carbocycles. The first kappa shape index (κ1) is 16.9. The summed E-state index contributed by atoms with van der Waals surface area (Å²) in [7, 11) is -3.16. The molecule has 0 aromatic carbocycles. The van der Waals surface area contributed by atoms with Crippen LogP contribution in [-0.4, -0.2) is 55.1 Å². The molecule has 0 atom stereocenters. The largest absolute Gasteiger partial charge is 0.301 e. The van der Waals surface area contributed by atoms with E-state index in [2.05, 4.69) is 25.7 Å². The first-order valence-electron chi connectivity index (χ1n) is 7.15. The minimum Gasteiger partial charge on any atom is -0.301 e. The molecule has 0 saturated carbocycles. The lowest BCUT2D eigenvalue weighted by Crippen LogP contribution is -2.53. The van der Waals surface area contributed by atoms with Crippen LogP contribution in [0.25, 0.3) is 0 Å². The Morgan fingerprint density at radius 3 is 1.74 bits per heavy atom. The average molecular weight is 290 g/mol. The Morgan fingerprint density at radius 2 is 1.37 bits per heavy atom. The van der Waals surface area contributed by atoms with Crippen LogP contribution < -0.4 is 0 Å². The zero-order chi connectivity index (χ0) is 14.9. The molecule has 0 radical (unpaired) electrons. The van der Waals surface area contributed by atoms with Crippen molar-refractivity contribution in [1.29, 1.82) is 0 Å². The summed E-state index contributed by atoms with van der Waals surface area (Å²) in [5.74, 6) is 0. The molecule has 4 nitrogen and oxygen atoms in total. The minimum absolute atomic E-state index is 0.342. The Hall–Kier alpha value is -0.130. The van der Waals surface area contributed by atoms with E-state index in [4.69, 9.17) is 0 Å². The molecule has 1 aliphatic rings. The Bertz CT molecular complexity index is 383. The smallest absolute Gasteiger partial charge is 0.219 e. The fraction of sp³-hybridized carbons (Fsp3) is 1.00. The maximum absolute atomic E-state index is 12.3. The van der Waals surface area contributed by atoms with E-state index < -0.39 is 14.8 Å². The molecule has 0 aromatic heterocycles. The van der Waals surface area contributed by atoms with Gasteiger partial charge in [0.2, 0.25) is 10.0 Å². The monoisotopic (exact) mass is 290 g/mol. The van der Waals surface area contributed by atoms with E-state index in [-0.39, 0.29) is 0 Å². The maximum atomic E-state index is 12.3. The predicted octanol–water partition coefficient (Wildman–Crippen LogP) is 2.17. The van der Waals surface area contributed by atoms with Gasteiger partial charge in [-0.25, -0.2) is 8.42 Å². The van der Waals surface area contributed by atoms with Gasteiger partial charge in [-0.2, -0.15) is 4.31 Å². The van der Waals surface area contributed by atoms with Crippen LogP contribution in [0.15, 0.2) is 0 Å². The van der Waals surface area contributed by atoms with Crippen molar-refractivity contribution in [3.8, 4) is 0 Å². The molecule has 0 bridgehead atoms. The zero-order valence-corrected chi connectivity index (χ0v) is 14.2. The zero-order valence-electron chi connectivity index (χ0n) is 13.4. The van der Waals surface area contributed by atoms with Gasteiger partial charge in [0.05, 0.1) is 4.75 Å². The van der Waals surface area contributed by atoms with Crippen LogP contribution >= 0.6 is 0 Å². The van der Waals surface area contributed by atoms with Crippen molar-refractivity contribution < 1.29 is 8.42 Å². The third kappa shape index (κ3) is 4.72. The van der Waals surface area contributed by atoms with Crippen LogP contribution in [0.4, 0.5) is 0 Å². The van der Waals surface area contributed by atoms with Crippen molar-refractivity contribution in [2.45, 2.75) is 52.7 Å². The number of rotatable bonds is 3. The van der Waals surface area contributed by atoms with E-state index in [1.165, 1.54) is 0 Å². The minimum atomic E-state index is -3.16. The van der Waals surface area contributed by atoms with E-state index in [0.717, 1.165) is 26.1 Å². The second kappa shape index (κ2) is 5.70. The van der Waals surface area contributed by atoms with Gasteiger partial charge >= 0.3 is 0 Å². The molecule has 0 amide bonds. The quantitative estimate of drug-likeness (QED) is 0.800. The number of nitrogens with zero attached hydrogens (tertiary/aromatic N) is 2. The molecule has 0 N–H and O–H groups in total. The third-order valence-corrected chi connectivity index (χ3v) is 6.22. The Kier molecular flexibility index (Phi) is 5.08. The summed E-state index contributed by atoms with van der Waals surface area (Å²) in [6, 6.07) is 0. The second-order valence-electron chi connectivity index (χ2n) is 7.67. The first-order valence-corrected chi connectivity index (χ1v) is 8.59. The number of hydrogen-bond acceptors (Lipinski definition) is 3. The Morgan fingerprint density at radius 1 is 0.895 bits per heavy atom. The van der Waals surface area contributed by atoms with Gasteiger partial charge in [-0.1, -0.05) is 20.8 Å². The summed E-state index contributed by atoms with van der Waals surface area (Å²) in [4.78, 5) is 2.37. The third-order valence-electron chi connectivity index (χ3n) is 3.62. The Balaban J connectivity index is 2.50. The van der Waals surface area contributed by atoms with Crippen molar-refractivity contribution in [1.82, 2.24) is 9.21 Å². The second-order valence-corrected chi connectivity index (χ2v) is 10.4. The van der Waals surface area contributed by atoms with E-state index >= 15 is 0 Å². The Labute approximate surface area is 119 Å². The number of hydrogen-bond donors (Lipinski definition) is 0. The van der Waals surface area contributed by atoms with Crippen LogP contribution in [0, 0.1) is 5.41 Å². The highest BCUT2D eigenvalue weighted by molar-refractivity contribution is 7.90. The normalized spacial score (nSPS) is 20.7. The molecule has 5 heteroatoms. The molecule has 0 aromatic rings. The van der Waals surface area contributed by atoms with Gasteiger partial charge in [0.15, 0.2) is 0 Å². The van der Waals surface area contributed by atoms with E-state index in [0.29, 0.717) is 18.5 Å². The highest BCUT2D eigenvalue weighted by atomic mass is 32.2. The fourth-order valence-corrected chi connectivity index (χ4v) is 3.49. The van der Waals surface area contributed by atoms with Gasteiger partial charge in [-0.05, 0) is 39.2 Å². The fourth-order valence-electron chi connectivity index (χ4n) is 2.07. The lowest BCUT2D eigenvalue weighted by Gasteiger charge is -2.38.